The van der Waals surface area contributed by atoms with E-state index >= 15 is 0 Å². The van der Waals surface area contributed by atoms with Crippen molar-refractivity contribution in [3.63, 3.8) is 0 Å². The molecule has 1 fully saturated rings. The molecule has 0 saturated carbocycles. The van der Waals surface area contributed by atoms with Crippen LogP contribution < -0.4 is 16.0 Å². The molecular formula is C13H20N4O2. The van der Waals surface area contributed by atoms with E-state index < -0.39 is 0 Å². The lowest BCUT2D eigenvalue weighted by Crippen LogP contribution is -2.37. The fourth-order valence-corrected chi connectivity index (χ4v) is 2.17. The summed E-state index contributed by atoms with van der Waals surface area (Å²) in [5.41, 5.74) is 6.81. The molecule has 6 heteroatoms. The molecule has 2 heterocycles. The number of carbonyl (C=O) groups is 1. The maximum absolute atomic E-state index is 11.1. The van der Waals surface area contributed by atoms with E-state index in [2.05, 4.69) is 19.9 Å². The quantitative estimate of drug-likeness (QED) is 0.852. The van der Waals surface area contributed by atoms with E-state index in [1.807, 2.05) is 19.1 Å². The van der Waals surface area contributed by atoms with Gasteiger partial charge in [0.25, 0.3) is 0 Å². The zero-order chi connectivity index (χ0) is 13.8. The number of nitrogens with two attached hydrogens (primary N) is 1. The second-order valence-electron chi connectivity index (χ2n) is 4.81. The third kappa shape index (κ3) is 3.35. The monoisotopic (exact) mass is 264 g/mol. The predicted molar refractivity (Wildman–Crippen MR) is 73.0 cm³/mol. The fourth-order valence-electron chi connectivity index (χ4n) is 2.17. The second kappa shape index (κ2) is 5.88. The molecule has 1 saturated heterocycles. The highest BCUT2D eigenvalue weighted by Crippen LogP contribution is 2.19. The standard InChI is InChI=1S/C13H20N4O2/c1-9(14)10-3-4-12(15-7-10)17-6-5-11(8-17)16-13(18)19-2/h3-4,7,9,11H,5-6,8,14H2,1-2H3,(H,16,18)/t9-,11?/m1/s1. The van der Waals surface area contributed by atoms with Gasteiger partial charge >= 0.3 is 6.09 Å². The average Bonchev–Trinajstić information content (AvgIpc) is 2.87. The number of hydrogen-bond acceptors (Lipinski definition) is 5. The van der Waals surface area contributed by atoms with Gasteiger partial charge in [0.2, 0.25) is 0 Å². The van der Waals surface area contributed by atoms with Crippen molar-refractivity contribution in [1.82, 2.24) is 10.3 Å². The van der Waals surface area contributed by atoms with E-state index in [4.69, 9.17) is 5.73 Å². The first-order valence-electron chi connectivity index (χ1n) is 6.41. The molecule has 2 atom stereocenters. The number of pyridine rings is 1. The zero-order valence-electron chi connectivity index (χ0n) is 11.3. The molecule has 1 aliphatic heterocycles. The summed E-state index contributed by atoms with van der Waals surface area (Å²) in [6.45, 7) is 3.56. The van der Waals surface area contributed by atoms with Gasteiger partial charge in [-0.25, -0.2) is 9.78 Å². The van der Waals surface area contributed by atoms with E-state index in [-0.39, 0.29) is 18.2 Å². The van der Waals surface area contributed by atoms with Gasteiger partial charge in [-0.3, -0.25) is 0 Å². The third-order valence-electron chi connectivity index (χ3n) is 3.32. The molecule has 3 N–H and O–H groups in total. The van der Waals surface area contributed by atoms with Crippen LogP contribution in [0.4, 0.5) is 10.6 Å². The number of methoxy groups -OCH3 is 1. The van der Waals surface area contributed by atoms with Crippen molar-refractivity contribution in [2.24, 2.45) is 5.73 Å². The Kier molecular flexibility index (Phi) is 4.21. The second-order valence-corrected chi connectivity index (χ2v) is 4.81. The largest absolute Gasteiger partial charge is 0.453 e. The molecule has 1 aromatic heterocycles. The van der Waals surface area contributed by atoms with E-state index in [1.54, 1.807) is 6.20 Å². The first-order valence-corrected chi connectivity index (χ1v) is 6.41. The molecule has 0 bridgehead atoms. The van der Waals surface area contributed by atoms with Gasteiger partial charge in [-0.1, -0.05) is 6.07 Å². The number of ether oxygens (including phenoxy) is 1. The maximum atomic E-state index is 11.1. The van der Waals surface area contributed by atoms with Crippen molar-refractivity contribution < 1.29 is 9.53 Å². The summed E-state index contributed by atoms with van der Waals surface area (Å²) in [6, 6.07) is 4.07. The lowest BCUT2D eigenvalue weighted by Gasteiger charge is -2.18. The van der Waals surface area contributed by atoms with Crippen LogP contribution in [0.15, 0.2) is 18.3 Å². The van der Waals surface area contributed by atoms with Gasteiger partial charge < -0.3 is 20.7 Å². The molecular weight excluding hydrogens is 244 g/mol. The maximum Gasteiger partial charge on any atom is 0.407 e. The lowest BCUT2D eigenvalue weighted by molar-refractivity contribution is 0.167. The van der Waals surface area contributed by atoms with Crippen LogP contribution in [0.5, 0.6) is 0 Å². The van der Waals surface area contributed by atoms with Crippen molar-refractivity contribution >= 4 is 11.9 Å². The molecule has 0 aliphatic carbocycles. The number of carbonyl (C=O) groups excluding carboxylic acids is 1. The zero-order valence-corrected chi connectivity index (χ0v) is 11.3. The van der Waals surface area contributed by atoms with E-state index in [0.29, 0.717) is 0 Å². The van der Waals surface area contributed by atoms with Gasteiger partial charge in [-0.15, -0.1) is 0 Å². The molecule has 1 aliphatic rings. The van der Waals surface area contributed by atoms with E-state index in [0.717, 1.165) is 30.9 Å². The summed E-state index contributed by atoms with van der Waals surface area (Å²) >= 11 is 0. The minimum Gasteiger partial charge on any atom is -0.453 e. The van der Waals surface area contributed by atoms with Gasteiger partial charge in [0.15, 0.2) is 0 Å². The average molecular weight is 264 g/mol. The molecule has 19 heavy (non-hydrogen) atoms. The van der Waals surface area contributed by atoms with Gasteiger partial charge in [-0.05, 0) is 25.0 Å². The van der Waals surface area contributed by atoms with Crippen LogP contribution in [-0.4, -0.2) is 37.3 Å². The summed E-state index contributed by atoms with van der Waals surface area (Å²) in [6.07, 6.45) is 2.32. The number of nitrogens with zero attached hydrogens (tertiary/aromatic N) is 2. The van der Waals surface area contributed by atoms with Crippen molar-refractivity contribution in [2.45, 2.75) is 25.4 Å². The van der Waals surface area contributed by atoms with Gasteiger partial charge in [-0.2, -0.15) is 0 Å². The highest BCUT2D eigenvalue weighted by atomic mass is 16.5. The van der Waals surface area contributed by atoms with Gasteiger partial charge in [0, 0.05) is 25.3 Å². The number of anilines is 1. The number of alkyl carbamates (subject to hydrolysis) is 1. The number of aromatic nitrogens is 1. The summed E-state index contributed by atoms with van der Waals surface area (Å²) in [7, 11) is 1.37. The van der Waals surface area contributed by atoms with Gasteiger partial charge in [0.1, 0.15) is 5.82 Å². The van der Waals surface area contributed by atoms with Crippen LogP contribution in [-0.2, 0) is 4.74 Å². The van der Waals surface area contributed by atoms with Crippen LogP contribution in [0.25, 0.3) is 0 Å². The molecule has 0 radical (unpaired) electrons. The SMILES string of the molecule is COC(=O)NC1CCN(c2ccc([C@@H](C)N)cn2)C1. The van der Waals surface area contributed by atoms with Crippen LogP contribution >= 0.6 is 0 Å². The minimum atomic E-state index is -0.382. The molecule has 0 aromatic carbocycles. The first-order chi connectivity index (χ1) is 9.10. The van der Waals surface area contributed by atoms with Crippen molar-refractivity contribution in [3.8, 4) is 0 Å². The van der Waals surface area contributed by atoms with Crippen molar-refractivity contribution in [2.75, 3.05) is 25.1 Å². The highest BCUT2D eigenvalue weighted by molar-refractivity contribution is 5.67. The third-order valence-corrected chi connectivity index (χ3v) is 3.32. The molecule has 2 rings (SSSR count). The van der Waals surface area contributed by atoms with Crippen LogP contribution in [0.1, 0.15) is 24.9 Å². The summed E-state index contributed by atoms with van der Waals surface area (Å²) < 4.78 is 4.60. The van der Waals surface area contributed by atoms with Crippen LogP contribution in [0.3, 0.4) is 0 Å². The fraction of sp³-hybridized carbons (Fsp3) is 0.538. The molecule has 104 valence electrons. The molecule has 1 aromatic rings. The van der Waals surface area contributed by atoms with Crippen LogP contribution in [0.2, 0.25) is 0 Å². The van der Waals surface area contributed by atoms with E-state index in [9.17, 15) is 4.79 Å². The van der Waals surface area contributed by atoms with E-state index in [1.165, 1.54) is 7.11 Å². The van der Waals surface area contributed by atoms with Crippen molar-refractivity contribution in [1.29, 1.82) is 0 Å². The Balaban J connectivity index is 1.95. The highest BCUT2D eigenvalue weighted by Gasteiger charge is 2.24. The number of nitrogens with one attached hydrogen (secondary N) is 1. The Labute approximate surface area is 112 Å². The normalized spacial score (nSPS) is 20.2. The molecule has 1 unspecified atom stereocenters. The Hall–Kier alpha value is -1.82. The molecule has 0 spiro atoms. The van der Waals surface area contributed by atoms with Crippen LogP contribution in [0, 0.1) is 0 Å². The Morgan fingerprint density at radius 3 is 3.00 bits per heavy atom. The number of rotatable bonds is 3. The summed E-state index contributed by atoms with van der Waals surface area (Å²) in [5, 5.41) is 2.81. The van der Waals surface area contributed by atoms with Gasteiger partial charge in [0.05, 0.1) is 13.2 Å². The summed E-state index contributed by atoms with van der Waals surface area (Å²) in [4.78, 5) is 17.7. The summed E-state index contributed by atoms with van der Waals surface area (Å²) in [5.74, 6) is 0.915. The Morgan fingerprint density at radius 2 is 2.42 bits per heavy atom. The number of amides is 1. The predicted octanol–water partition coefficient (Wildman–Crippen LogP) is 1.04. The molecule has 1 amide bonds. The lowest BCUT2D eigenvalue weighted by atomic mass is 10.1. The minimum absolute atomic E-state index is 0.00568. The Morgan fingerprint density at radius 1 is 1.63 bits per heavy atom. The topological polar surface area (TPSA) is 80.5 Å². The Bertz CT molecular complexity index is 433. The number of hydrogen-bond donors (Lipinski definition) is 2. The smallest absolute Gasteiger partial charge is 0.407 e. The molecule has 6 nitrogen and oxygen atoms in total. The first kappa shape index (κ1) is 13.6. The van der Waals surface area contributed by atoms with Crippen molar-refractivity contribution in [3.05, 3.63) is 23.9 Å².